The Morgan fingerprint density at radius 1 is 1.00 bits per heavy atom. The molecule has 39 heavy (non-hydrogen) atoms. The molecule has 9 heteroatoms. The van der Waals surface area contributed by atoms with E-state index >= 15 is 4.39 Å². The fourth-order valence-corrected chi connectivity index (χ4v) is 6.02. The topological polar surface area (TPSA) is 110 Å². The maximum atomic E-state index is 15.9. The Kier molecular flexibility index (Phi) is 4.95. The number of aromatic nitrogens is 4. The lowest BCUT2D eigenvalue weighted by atomic mass is 9.70. The average molecular weight is 521 g/mol. The zero-order valence-corrected chi connectivity index (χ0v) is 20.6. The van der Waals surface area contributed by atoms with Crippen molar-refractivity contribution in [1.29, 1.82) is 0 Å². The number of pyridine rings is 2. The Bertz CT molecular complexity index is 1780. The summed E-state index contributed by atoms with van der Waals surface area (Å²) >= 11 is 0. The molecule has 3 atom stereocenters. The highest BCUT2D eigenvalue weighted by molar-refractivity contribution is 5.66. The third-order valence-corrected chi connectivity index (χ3v) is 7.58. The second-order valence-electron chi connectivity index (χ2n) is 9.50. The lowest BCUT2D eigenvalue weighted by molar-refractivity contribution is -0.0915. The second-order valence-corrected chi connectivity index (χ2v) is 9.50. The number of nitrogens with one attached hydrogen (secondary N) is 1. The highest BCUT2D eigenvalue weighted by Gasteiger charge is 2.74. The molecule has 2 aliphatic rings. The Morgan fingerprint density at radius 3 is 2.38 bits per heavy atom. The van der Waals surface area contributed by atoms with Gasteiger partial charge in [0.1, 0.15) is 11.6 Å². The maximum absolute atomic E-state index is 15.9. The van der Waals surface area contributed by atoms with E-state index in [1.165, 1.54) is 13.2 Å². The maximum Gasteiger partial charge on any atom is 0.255 e. The minimum atomic E-state index is -2.23. The summed E-state index contributed by atoms with van der Waals surface area (Å²) < 4.78 is 27.8. The molecule has 0 spiro atoms. The van der Waals surface area contributed by atoms with Crippen LogP contribution in [0.5, 0.6) is 11.6 Å². The van der Waals surface area contributed by atoms with Gasteiger partial charge in [-0.1, -0.05) is 60.7 Å². The number of H-pyrrole nitrogens is 1. The standard InChI is InChI=1S/C30H21FN4O4/c1-38-21-16-20-24(26(31)33-21)29(37)25-22(28(36)35-27(34-25)18-8-4-2-5-9-18)23(17-12-14-32-15-13-17)30(29,39-20)19-10-6-3-7-11-19/h2-16,23,37H,1H3,(H,34,35,36)/t23-,29+,30+/m1/s1. The van der Waals surface area contributed by atoms with E-state index in [9.17, 15) is 9.90 Å². The summed E-state index contributed by atoms with van der Waals surface area (Å²) in [5.41, 5.74) is -2.63. The van der Waals surface area contributed by atoms with Crippen LogP contribution in [-0.4, -0.2) is 32.2 Å². The number of halogens is 1. The number of aliphatic hydroxyl groups is 1. The molecule has 1 aliphatic heterocycles. The van der Waals surface area contributed by atoms with Gasteiger partial charge in [-0.15, -0.1) is 0 Å². The van der Waals surface area contributed by atoms with Gasteiger partial charge >= 0.3 is 0 Å². The van der Waals surface area contributed by atoms with Crippen LogP contribution in [0.4, 0.5) is 4.39 Å². The van der Waals surface area contributed by atoms with Crippen LogP contribution in [-0.2, 0) is 11.2 Å². The first-order valence-corrected chi connectivity index (χ1v) is 12.3. The summed E-state index contributed by atoms with van der Waals surface area (Å²) in [6.07, 6.45) is 3.19. The van der Waals surface area contributed by atoms with Crippen LogP contribution in [0, 0.1) is 5.95 Å². The van der Waals surface area contributed by atoms with Crippen LogP contribution >= 0.6 is 0 Å². The highest BCUT2D eigenvalue weighted by atomic mass is 19.1. The Labute approximate surface area is 221 Å². The molecule has 0 unspecified atom stereocenters. The third kappa shape index (κ3) is 3.01. The molecule has 4 heterocycles. The molecule has 2 aromatic carbocycles. The summed E-state index contributed by atoms with van der Waals surface area (Å²) in [6.45, 7) is 0. The first-order chi connectivity index (χ1) is 19.0. The van der Waals surface area contributed by atoms with E-state index in [4.69, 9.17) is 14.5 Å². The SMILES string of the molecule is COc1cc2c(c(F)n1)[C@]1(O)c3nc(-c4ccccc4)[nH]c(=O)c3[C@@H](c3ccncc3)[C@]1(c1ccccc1)O2. The van der Waals surface area contributed by atoms with Crippen LogP contribution in [0.2, 0.25) is 0 Å². The lowest BCUT2D eigenvalue weighted by Gasteiger charge is -2.39. The van der Waals surface area contributed by atoms with Crippen molar-refractivity contribution >= 4 is 0 Å². The van der Waals surface area contributed by atoms with E-state index in [0.717, 1.165) is 0 Å². The number of fused-ring (bicyclic) bond motifs is 5. The molecule has 0 radical (unpaired) electrons. The van der Waals surface area contributed by atoms with Gasteiger partial charge in [-0.3, -0.25) is 9.78 Å². The van der Waals surface area contributed by atoms with Crippen LogP contribution in [0.1, 0.15) is 33.9 Å². The van der Waals surface area contributed by atoms with E-state index < -0.39 is 28.6 Å². The van der Waals surface area contributed by atoms with Crippen molar-refractivity contribution in [2.24, 2.45) is 0 Å². The number of ether oxygens (including phenoxy) is 2. The molecular formula is C30H21FN4O4. The zero-order chi connectivity index (χ0) is 26.8. The Morgan fingerprint density at radius 2 is 1.69 bits per heavy atom. The molecule has 0 saturated heterocycles. The van der Waals surface area contributed by atoms with Gasteiger partial charge in [0, 0.05) is 29.6 Å². The predicted octanol–water partition coefficient (Wildman–Crippen LogP) is 4.04. The van der Waals surface area contributed by atoms with Crippen LogP contribution in [0.25, 0.3) is 11.4 Å². The zero-order valence-electron chi connectivity index (χ0n) is 20.6. The quantitative estimate of drug-likeness (QED) is 0.344. The molecule has 0 fully saturated rings. The molecule has 2 N–H and O–H groups in total. The smallest absolute Gasteiger partial charge is 0.255 e. The van der Waals surface area contributed by atoms with Gasteiger partial charge in [-0.2, -0.15) is 9.37 Å². The number of nitrogens with zero attached hydrogens (tertiary/aromatic N) is 3. The van der Waals surface area contributed by atoms with Crippen molar-refractivity contribution in [3.05, 3.63) is 136 Å². The molecule has 0 saturated carbocycles. The van der Waals surface area contributed by atoms with Crippen molar-refractivity contribution < 1.29 is 19.0 Å². The number of rotatable bonds is 4. The molecule has 8 nitrogen and oxygen atoms in total. The van der Waals surface area contributed by atoms with Gasteiger partial charge in [-0.05, 0) is 17.7 Å². The monoisotopic (exact) mass is 520 g/mol. The van der Waals surface area contributed by atoms with E-state index in [1.54, 1.807) is 60.9 Å². The molecule has 5 aromatic rings. The summed E-state index contributed by atoms with van der Waals surface area (Å²) in [7, 11) is 1.37. The van der Waals surface area contributed by atoms with Gasteiger partial charge in [0.15, 0.2) is 11.2 Å². The van der Waals surface area contributed by atoms with E-state index in [-0.39, 0.29) is 34.3 Å². The molecule has 3 aromatic heterocycles. The van der Waals surface area contributed by atoms with Crippen molar-refractivity contribution in [2.45, 2.75) is 17.1 Å². The van der Waals surface area contributed by atoms with Crippen molar-refractivity contribution in [1.82, 2.24) is 19.9 Å². The Balaban J connectivity index is 1.64. The summed E-state index contributed by atoms with van der Waals surface area (Å²) in [6, 6.07) is 23.0. The first-order valence-electron chi connectivity index (χ1n) is 12.3. The summed E-state index contributed by atoms with van der Waals surface area (Å²) in [5.74, 6) is -1.59. The minimum Gasteiger partial charge on any atom is -0.481 e. The number of aromatic amines is 1. The van der Waals surface area contributed by atoms with Crippen LogP contribution in [0.15, 0.2) is 96.1 Å². The number of hydrogen-bond donors (Lipinski definition) is 2. The fraction of sp³-hybridized carbons (Fsp3) is 0.133. The van der Waals surface area contributed by atoms with E-state index in [1.807, 2.05) is 24.3 Å². The normalized spacial score (nSPS) is 22.5. The van der Waals surface area contributed by atoms with Crippen molar-refractivity contribution in [3.63, 3.8) is 0 Å². The van der Waals surface area contributed by atoms with Gasteiger partial charge < -0.3 is 19.6 Å². The number of benzene rings is 2. The number of methoxy groups -OCH3 is 1. The number of hydrogen-bond acceptors (Lipinski definition) is 7. The summed E-state index contributed by atoms with van der Waals surface area (Å²) in [5, 5.41) is 12.9. The molecule has 1 aliphatic carbocycles. The van der Waals surface area contributed by atoms with Crippen LogP contribution in [0.3, 0.4) is 0 Å². The van der Waals surface area contributed by atoms with Crippen molar-refractivity contribution in [3.8, 4) is 23.0 Å². The molecule has 0 amide bonds. The van der Waals surface area contributed by atoms with Gasteiger partial charge in [-0.25, -0.2) is 4.98 Å². The van der Waals surface area contributed by atoms with Gasteiger partial charge in [0.2, 0.25) is 11.8 Å². The van der Waals surface area contributed by atoms with Gasteiger partial charge in [0.25, 0.3) is 5.56 Å². The predicted molar refractivity (Wildman–Crippen MR) is 139 cm³/mol. The van der Waals surface area contributed by atoms with E-state index in [0.29, 0.717) is 16.7 Å². The molecule has 192 valence electrons. The Hall–Kier alpha value is -4.89. The first kappa shape index (κ1) is 23.2. The summed E-state index contributed by atoms with van der Waals surface area (Å²) in [4.78, 5) is 29.7. The third-order valence-electron chi connectivity index (χ3n) is 7.58. The molecular weight excluding hydrogens is 499 g/mol. The van der Waals surface area contributed by atoms with Crippen molar-refractivity contribution in [2.75, 3.05) is 7.11 Å². The van der Waals surface area contributed by atoms with E-state index in [2.05, 4.69) is 15.0 Å². The lowest BCUT2D eigenvalue weighted by Crippen LogP contribution is -2.49. The fourth-order valence-electron chi connectivity index (χ4n) is 6.02. The molecule has 7 rings (SSSR count). The second kappa shape index (κ2) is 8.31. The highest BCUT2D eigenvalue weighted by Crippen LogP contribution is 2.68. The minimum absolute atomic E-state index is 0.000357. The van der Waals surface area contributed by atoms with Crippen LogP contribution < -0.4 is 15.0 Å². The molecule has 0 bridgehead atoms. The van der Waals surface area contributed by atoms with Gasteiger partial charge in [0.05, 0.1) is 29.8 Å². The largest absolute Gasteiger partial charge is 0.481 e. The average Bonchev–Trinajstić information content (AvgIpc) is 3.37.